The maximum absolute atomic E-state index is 10.3. The number of rotatable bonds is 5. The van der Waals surface area contributed by atoms with Crippen molar-refractivity contribution in [3.63, 3.8) is 0 Å². The second kappa shape index (κ2) is 8.55. The summed E-state index contributed by atoms with van der Waals surface area (Å²) in [6.45, 7) is 5.64. The van der Waals surface area contributed by atoms with Crippen LogP contribution in [0.15, 0.2) is 78.9 Å². The zero-order valence-electron chi connectivity index (χ0n) is 18.2. The lowest BCUT2D eigenvalue weighted by molar-refractivity contribution is 0.461. The van der Waals surface area contributed by atoms with E-state index in [1.165, 1.54) is 0 Å². The zero-order valence-corrected chi connectivity index (χ0v) is 18.2. The van der Waals surface area contributed by atoms with Crippen LogP contribution >= 0.6 is 0 Å². The lowest BCUT2D eigenvalue weighted by Gasteiger charge is -2.28. The lowest BCUT2D eigenvalue weighted by atomic mass is 10.1. The highest BCUT2D eigenvalue weighted by Crippen LogP contribution is 2.44. The molecule has 162 valence electrons. The maximum Gasteiger partial charge on any atom is 0.151 e. The molecule has 0 saturated heterocycles. The number of phenols is 3. The fourth-order valence-electron chi connectivity index (χ4n) is 3.72. The summed E-state index contributed by atoms with van der Waals surface area (Å²) in [5.41, 5.74) is 4.69. The number of anilines is 3. The van der Waals surface area contributed by atoms with Gasteiger partial charge in [0.05, 0.1) is 17.1 Å². The molecule has 5 nitrogen and oxygen atoms in total. The van der Waals surface area contributed by atoms with Crippen molar-refractivity contribution in [3.05, 3.63) is 95.6 Å². The molecule has 0 bridgehead atoms. The van der Waals surface area contributed by atoms with Crippen LogP contribution in [0.3, 0.4) is 0 Å². The molecular formula is C27H25NO4. The molecule has 4 rings (SSSR count). The number of nitrogens with zero attached hydrogens (tertiary/aromatic N) is 1. The molecule has 0 aromatic heterocycles. The average Bonchev–Trinajstić information content (AvgIpc) is 2.71. The largest absolute Gasteiger partial charge is 0.508 e. The van der Waals surface area contributed by atoms with Crippen LogP contribution in [0.25, 0.3) is 0 Å². The Labute approximate surface area is 187 Å². The molecule has 0 fully saturated rings. The predicted octanol–water partition coefficient (Wildman–Crippen LogP) is 6.99. The van der Waals surface area contributed by atoms with E-state index in [-0.39, 0.29) is 17.2 Å². The van der Waals surface area contributed by atoms with E-state index in [1.54, 1.807) is 42.5 Å². The summed E-state index contributed by atoms with van der Waals surface area (Å²) in [6.07, 6.45) is 0. The molecule has 5 heteroatoms. The maximum atomic E-state index is 10.3. The molecule has 3 N–H and O–H groups in total. The number of phenolic OH excluding ortho intramolecular Hbond substituents is 3. The molecular weight excluding hydrogens is 402 g/mol. The molecule has 0 amide bonds. The van der Waals surface area contributed by atoms with Crippen molar-refractivity contribution in [1.82, 2.24) is 0 Å². The molecule has 4 aromatic rings. The minimum absolute atomic E-state index is 0.148. The number of ether oxygens (including phenoxy) is 1. The summed E-state index contributed by atoms with van der Waals surface area (Å²) in [5.74, 6) is 1.67. The lowest BCUT2D eigenvalue weighted by Crippen LogP contribution is -2.11. The Hall–Kier alpha value is -4.12. The number of aryl methyl sites for hydroxylation is 3. The first kappa shape index (κ1) is 21.1. The topological polar surface area (TPSA) is 73.2 Å². The van der Waals surface area contributed by atoms with Gasteiger partial charge in [-0.2, -0.15) is 0 Å². The Morgan fingerprint density at radius 3 is 1.81 bits per heavy atom. The summed E-state index contributed by atoms with van der Waals surface area (Å²) in [4.78, 5) is 1.93. The van der Waals surface area contributed by atoms with Crippen LogP contribution in [0.1, 0.15) is 16.7 Å². The summed E-state index contributed by atoms with van der Waals surface area (Å²) < 4.78 is 6.21. The standard InChI is InChI=1S/C27H25NO4/c1-17-10-20(15-22(29)12-17)28(21-11-18(2)13-23(30)16-21)25-6-4-5-7-27(25)32-24-8-9-26(31)19(3)14-24/h4-16,29-31H,1-3H3. The van der Waals surface area contributed by atoms with Gasteiger partial charge in [0.1, 0.15) is 23.0 Å². The van der Waals surface area contributed by atoms with E-state index >= 15 is 0 Å². The van der Waals surface area contributed by atoms with Crippen molar-refractivity contribution in [2.45, 2.75) is 20.8 Å². The monoisotopic (exact) mass is 427 g/mol. The van der Waals surface area contributed by atoms with Gasteiger partial charge in [0.2, 0.25) is 0 Å². The number of hydrogen-bond donors (Lipinski definition) is 3. The SMILES string of the molecule is Cc1cc(O)cc(N(c2cc(C)cc(O)c2)c2ccccc2Oc2ccc(O)c(C)c2)c1. The smallest absolute Gasteiger partial charge is 0.151 e. The minimum atomic E-state index is 0.148. The van der Waals surface area contributed by atoms with Crippen LogP contribution in [-0.4, -0.2) is 15.3 Å². The van der Waals surface area contributed by atoms with Crippen LogP contribution in [0.4, 0.5) is 17.1 Å². The highest BCUT2D eigenvalue weighted by molar-refractivity contribution is 5.82. The number of hydrogen-bond acceptors (Lipinski definition) is 5. The van der Waals surface area contributed by atoms with E-state index < -0.39 is 0 Å². The van der Waals surface area contributed by atoms with E-state index in [4.69, 9.17) is 4.74 Å². The van der Waals surface area contributed by atoms with Crippen LogP contribution in [0, 0.1) is 20.8 Å². The van der Waals surface area contributed by atoms with E-state index in [1.807, 2.05) is 62.1 Å². The summed E-state index contributed by atoms with van der Waals surface area (Å²) in [6, 6.07) is 23.3. The Bertz CT molecular complexity index is 1190. The Balaban J connectivity index is 1.89. The van der Waals surface area contributed by atoms with Crippen LogP contribution in [-0.2, 0) is 0 Å². The van der Waals surface area contributed by atoms with Gasteiger partial charge < -0.3 is 25.0 Å². The molecule has 0 radical (unpaired) electrons. The van der Waals surface area contributed by atoms with E-state index in [0.29, 0.717) is 17.1 Å². The average molecular weight is 428 g/mol. The molecule has 0 heterocycles. The molecule has 0 unspecified atom stereocenters. The quantitative estimate of drug-likeness (QED) is 0.320. The van der Waals surface area contributed by atoms with Crippen molar-refractivity contribution in [1.29, 1.82) is 0 Å². The molecule has 0 aliphatic heterocycles. The van der Waals surface area contributed by atoms with Crippen molar-refractivity contribution >= 4 is 17.1 Å². The molecule has 0 spiro atoms. The van der Waals surface area contributed by atoms with Gasteiger partial charge in [0.25, 0.3) is 0 Å². The molecule has 4 aromatic carbocycles. The van der Waals surface area contributed by atoms with E-state index in [2.05, 4.69) is 0 Å². The third-order valence-corrected chi connectivity index (χ3v) is 5.11. The molecule has 0 saturated carbocycles. The number of aromatic hydroxyl groups is 3. The van der Waals surface area contributed by atoms with Crippen LogP contribution < -0.4 is 9.64 Å². The number of benzene rings is 4. The van der Waals surface area contributed by atoms with Gasteiger partial charge in [-0.05, 0) is 92.1 Å². The highest BCUT2D eigenvalue weighted by Gasteiger charge is 2.19. The summed E-state index contributed by atoms with van der Waals surface area (Å²) >= 11 is 0. The van der Waals surface area contributed by atoms with Gasteiger partial charge in [0.15, 0.2) is 5.75 Å². The van der Waals surface area contributed by atoms with Crippen molar-refractivity contribution < 1.29 is 20.1 Å². The Morgan fingerprint density at radius 1 is 0.656 bits per heavy atom. The molecule has 0 atom stereocenters. The van der Waals surface area contributed by atoms with Crippen molar-refractivity contribution in [2.75, 3.05) is 4.90 Å². The first-order valence-corrected chi connectivity index (χ1v) is 10.3. The van der Waals surface area contributed by atoms with Gasteiger partial charge in [-0.25, -0.2) is 0 Å². The highest BCUT2D eigenvalue weighted by atomic mass is 16.5. The Kier molecular flexibility index (Phi) is 5.65. The fraction of sp³-hybridized carbons (Fsp3) is 0.111. The van der Waals surface area contributed by atoms with Gasteiger partial charge in [0, 0.05) is 12.1 Å². The van der Waals surface area contributed by atoms with E-state index in [0.717, 1.165) is 28.2 Å². The Morgan fingerprint density at radius 2 is 1.25 bits per heavy atom. The normalized spacial score (nSPS) is 10.7. The summed E-state index contributed by atoms with van der Waals surface area (Å²) in [7, 11) is 0. The molecule has 0 aliphatic rings. The van der Waals surface area contributed by atoms with Gasteiger partial charge >= 0.3 is 0 Å². The van der Waals surface area contributed by atoms with Crippen molar-refractivity contribution in [2.24, 2.45) is 0 Å². The third-order valence-electron chi connectivity index (χ3n) is 5.11. The predicted molar refractivity (Wildman–Crippen MR) is 127 cm³/mol. The summed E-state index contributed by atoms with van der Waals surface area (Å²) in [5, 5.41) is 30.4. The van der Waals surface area contributed by atoms with Gasteiger partial charge in [-0.3, -0.25) is 0 Å². The van der Waals surface area contributed by atoms with Crippen LogP contribution in [0.5, 0.6) is 28.7 Å². The van der Waals surface area contributed by atoms with Crippen LogP contribution in [0.2, 0.25) is 0 Å². The first-order valence-electron chi connectivity index (χ1n) is 10.3. The van der Waals surface area contributed by atoms with E-state index in [9.17, 15) is 15.3 Å². The van der Waals surface area contributed by atoms with Gasteiger partial charge in [-0.1, -0.05) is 12.1 Å². The minimum Gasteiger partial charge on any atom is -0.508 e. The fourth-order valence-corrected chi connectivity index (χ4v) is 3.72. The number of para-hydroxylation sites is 2. The van der Waals surface area contributed by atoms with Crippen molar-refractivity contribution in [3.8, 4) is 28.7 Å². The first-order chi connectivity index (χ1) is 15.3. The molecule has 32 heavy (non-hydrogen) atoms. The second-order valence-corrected chi connectivity index (χ2v) is 7.91. The molecule has 0 aliphatic carbocycles. The third kappa shape index (κ3) is 4.47. The second-order valence-electron chi connectivity index (χ2n) is 7.91. The zero-order chi connectivity index (χ0) is 22.8. The van der Waals surface area contributed by atoms with Gasteiger partial charge in [-0.15, -0.1) is 0 Å².